The number of para-hydroxylation sites is 1. The van der Waals surface area contributed by atoms with Crippen molar-refractivity contribution in [1.82, 2.24) is 0 Å². The number of rotatable bonds is 7. The second-order valence-electron chi connectivity index (χ2n) is 5.07. The number of benzene rings is 2. The summed E-state index contributed by atoms with van der Waals surface area (Å²) in [5.74, 6) is 1.77. The first-order chi connectivity index (χ1) is 10.7. The van der Waals surface area contributed by atoms with Crippen LogP contribution in [0.5, 0.6) is 11.5 Å². The predicted molar refractivity (Wildman–Crippen MR) is 91.1 cm³/mol. The average Bonchev–Trinajstić information content (AvgIpc) is 2.55. The van der Waals surface area contributed by atoms with Crippen LogP contribution in [0.25, 0.3) is 0 Å². The van der Waals surface area contributed by atoms with Gasteiger partial charge in [0, 0.05) is 10.9 Å². The van der Waals surface area contributed by atoms with E-state index in [1.54, 1.807) is 7.11 Å². The summed E-state index contributed by atoms with van der Waals surface area (Å²) in [7, 11) is 1.65. The Balaban J connectivity index is 2.29. The maximum atomic E-state index is 5.98. The molecule has 0 aliphatic rings. The molecule has 0 aliphatic heterocycles. The van der Waals surface area contributed by atoms with E-state index in [1.807, 2.05) is 43.3 Å². The normalized spacial score (nSPS) is 12.0. The van der Waals surface area contributed by atoms with E-state index in [2.05, 4.69) is 6.07 Å². The Morgan fingerprint density at radius 2 is 1.86 bits per heavy atom. The van der Waals surface area contributed by atoms with Crippen LogP contribution in [0.15, 0.2) is 42.5 Å². The van der Waals surface area contributed by atoms with Crippen LogP contribution in [0.3, 0.4) is 0 Å². The van der Waals surface area contributed by atoms with Gasteiger partial charge in [-0.2, -0.15) is 0 Å². The van der Waals surface area contributed by atoms with Crippen LogP contribution in [0.1, 0.15) is 24.0 Å². The Kier molecular flexibility index (Phi) is 6.10. The first kappa shape index (κ1) is 16.7. The Labute approximate surface area is 137 Å². The fourth-order valence-electron chi connectivity index (χ4n) is 2.53. The third-order valence-electron chi connectivity index (χ3n) is 3.66. The van der Waals surface area contributed by atoms with E-state index in [9.17, 15) is 0 Å². The van der Waals surface area contributed by atoms with E-state index in [0.717, 1.165) is 28.5 Å². The monoisotopic (exact) mass is 319 g/mol. The summed E-state index contributed by atoms with van der Waals surface area (Å²) in [6.45, 7) is 3.13. The van der Waals surface area contributed by atoms with Crippen molar-refractivity contribution in [2.45, 2.75) is 19.3 Å². The molecule has 0 amide bonds. The van der Waals surface area contributed by atoms with Gasteiger partial charge in [-0.1, -0.05) is 35.9 Å². The molecule has 0 saturated carbocycles. The summed E-state index contributed by atoms with van der Waals surface area (Å²) in [4.78, 5) is 0. The van der Waals surface area contributed by atoms with Gasteiger partial charge in [0.15, 0.2) is 11.5 Å². The largest absolute Gasteiger partial charge is 0.493 e. The summed E-state index contributed by atoms with van der Waals surface area (Å²) in [5.41, 5.74) is 8.26. The highest BCUT2D eigenvalue weighted by molar-refractivity contribution is 6.30. The van der Waals surface area contributed by atoms with Gasteiger partial charge < -0.3 is 15.2 Å². The smallest absolute Gasteiger partial charge is 0.164 e. The zero-order valence-electron chi connectivity index (χ0n) is 13.0. The molecular formula is C18H22ClNO2. The van der Waals surface area contributed by atoms with Gasteiger partial charge in [-0.25, -0.2) is 0 Å². The maximum absolute atomic E-state index is 5.98. The van der Waals surface area contributed by atoms with Crippen LogP contribution in [-0.4, -0.2) is 20.3 Å². The van der Waals surface area contributed by atoms with Gasteiger partial charge in [-0.3, -0.25) is 0 Å². The molecule has 0 aromatic heterocycles. The minimum Gasteiger partial charge on any atom is -0.493 e. The van der Waals surface area contributed by atoms with E-state index < -0.39 is 0 Å². The second-order valence-corrected chi connectivity index (χ2v) is 5.51. The minimum absolute atomic E-state index is 0.212. The van der Waals surface area contributed by atoms with E-state index in [-0.39, 0.29) is 5.92 Å². The van der Waals surface area contributed by atoms with Gasteiger partial charge in [0.1, 0.15) is 0 Å². The molecule has 1 atom stereocenters. The second kappa shape index (κ2) is 8.06. The van der Waals surface area contributed by atoms with E-state index in [4.69, 9.17) is 26.8 Å². The number of ether oxygens (including phenoxy) is 2. The zero-order valence-corrected chi connectivity index (χ0v) is 13.8. The third-order valence-corrected chi connectivity index (χ3v) is 3.91. The molecule has 4 heteroatoms. The molecule has 2 aromatic carbocycles. The molecule has 2 rings (SSSR count). The number of methoxy groups -OCH3 is 1. The van der Waals surface area contributed by atoms with Gasteiger partial charge in [-0.05, 0) is 49.2 Å². The molecule has 0 saturated heterocycles. The number of hydrogen-bond acceptors (Lipinski definition) is 3. The van der Waals surface area contributed by atoms with Gasteiger partial charge in [0.25, 0.3) is 0 Å². The van der Waals surface area contributed by atoms with Crippen molar-refractivity contribution in [3.05, 3.63) is 58.6 Å². The fraction of sp³-hybridized carbons (Fsp3) is 0.333. The molecule has 0 radical (unpaired) electrons. The van der Waals surface area contributed by atoms with E-state index >= 15 is 0 Å². The van der Waals surface area contributed by atoms with Crippen molar-refractivity contribution in [3.8, 4) is 11.5 Å². The van der Waals surface area contributed by atoms with Crippen molar-refractivity contribution in [2.75, 3.05) is 20.3 Å². The molecule has 1 unspecified atom stereocenters. The lowest BCUT2D eigenvalue weighted by molar-refractivity contribution is 0.307. The summed E-state index contributed by atoms with van der Waals surface area (Å²) in [6.07, 6.45) is 0.796. The molecule has 0 bridgehead atoms. The highest BCUT2D eigenvalue weighted by Gasteiger charge is 2.16. The molecule has 2 aromatic rings. The van der Waals surface area contributed by atoms with Crippen molar-refractivity contribution in [2.24, 2.45) is 5.73 Å². The van der Waals surface area contributed by atoms with Crippen molar-refractivity contribution >= 4 is 11.6 Å². The number of hydrogen-bond donors (Lipinski definition) is 1. The van der Waals surface area contributed by atoms with Gasteiger partial charge in [0.2, 0.25) is 0 Å². The molecule has 0 spiro atoms. The molecule has 3 nitrogen and oxygen atoms in total. The third kappa shape index (κ3) is 3.93. The van der Waals surface area contributed by atoms with Crippen LogP contribution in [0.4, 0.5) is 0 Å². The lowest BCUT2D eigenvalue weighted by Gasteiger charge is -2.19. The molecule has 0 fully saturated rings. The van der Waals surface area contributed by atoms with Gasteiger partial charge in [-0.15, -0.1) is 0 Å². The lowest BCUT2D eigenvalue weighted by Crippen LogP contribution is -2.15. The van der Waals surface area contributed by atoms with Gasteiger partial charge in [0.05, 0.1) is 13.7 Å². The predicted octanol–water partition coefficient (Wildman–Crippen LogP) is 4.03. The number of nitrogens with two attached hydrogens (primary N) is 1. The topological polar surface area (TPSA) is 44.5 Å². The number of halogens is 1. The van der Waals surface area contributed by atoms with Crippen LogP contribution in [-0.2, 0) is 6.42 Å². The molecule has 22 heavy (non-hydrogen) atoms. The Morgan fingerprint density at radius 1 is 1.14 bits per heavy atom. The van der Waals surface area contributed by atoms with Crippen LogP contribution >= 0.6 is 11.6 Å². The molecular weight excluding hydrogens is 298 g/mol. The Hall–Kier alpha value is -1.71. The van der Waals surface area contributed by atoms with Crippen LogP contribution in [0.2, 0.25) is 5.02 Å². The highest BCUT2D eigenvalue weighted by Crippen LogP contribution is 2.34. The Bertz CT molecular complexity index is 599. The fourth-order valence-corrected chi connectivity index (χ4v) is 2.65. The highest BCUT2D eigenvalue weighted by atomic mass is 35.5. The molecule has 118 valence electrons. The van der Waals surface area contributed by atoms with Crippen molar-refractivity contribution in [1.29, 1.82) is 0 Å². The Morgan fingerprint density at radius 3 is 2.45 bits per heavy atom. The molecule has 0 aliphatic carbocycles. The van der Waals surface area contributed by atoms with Crippen LogP contribution < -0.4 is 15.2 Å². The summed E-state index contributed by atoms with van der Waals surface area (Å²) in [5, 5.41) is 0.732. The molecule has 2 N–H and O–H groups in total. The van der Waals surface area contributed by atoms with Gasteiger partial charge >= 0.3 is 0 Å². The summed E-state index contributed by atoms with van der Waals surface area (Å²) >= 11 is 5.96. The zero-order chi connectivity index (χ0) is 15.9. The standard InChI is InChI=1S/C18H22ClNO2/c1-3-22-18-14(5-4-6-17(18)21-2)11-15(12-20)13-7-9-16(19)10-8-13/h4-10,15H,3,11-12,20H2,1-2H3. The SMILES string of the molecule is CCOc1c(CC(CN)c2ccc(Cl)cc2)cccc1OC. The minimum atomic E-state index is 0.212. The quantitative estimate of drug-likeness (QED) is 0.838. The first-order valence-corrected chi connectivity index (χ1v) is 7.81. The lowest BCUT2D eigenvalue weighted by atomic mass is 9.91. The first-order valence-electron chi connectivity index (χ1n) is 7.43. The van der Waals surface area contributed by atoms with Crippen LogP contribution in [0, 0.1) is 0 Å². The van der Waals surface area contributed by atoms with Crippen molar-refractivity contribution in [3.63, 3.8) is 0 Å². The summed E-state index contributed by atoms with van der Waals surface area (Å²) < 4.78 is 11.2. The summed E-state index contributed by atoms with van der Waals surface area (Å²) in [6, 6.07) is 13.8. The average molecular weight is 320 g/mol. The van der Waals surface area contributed by atoms with Crippen molar-refractivity contribution < 1.29 is 9.47 Å². The van der Waals surface area contributed by atoms with E-state index in [1.165, 1.54) is 5.56 Å². The maximum Gasteiger partial charge on any atom is 0.164 e. The van der Waals surface area contributed by atoms with E-state index in [0.29, 0.717) is 13.2 Å². The molecule has 0 heterocycles.